The second-order valence-electron chi connectivity index (χ2n) is 5.07. The molecule has 4 rings (SSSR count). The second kappa shape index (κ2) is 4.39. The first-order valence-electron chi connectivity index (χ1n) is 6.78. The topological polar surface area (TPSA) is 63.4 Å². The summed E-state index contributed by atoms with van der Waals surface area (Å²) in [6, 6.07) is 17.4. The number of nitrogens with zero attached hydrogens (tertiary/aromatic N) is 2. The largest absolute Gasteiger partial charge is 0.277 e. The number of carbonyl (C=O) groups excluding carboxylic acids is 1. The van der Waals surface area contributed by atoms with E-state index < -0.39 is 4.92 Å². The third kappa shape index (κ3) is 1.56. The van der Waals surface area contributed by atoms with Crippen LogP contribution in [0.5, 0.6) is 0 Å². The van der Waals surface area contributed by atoms with Gasteiger partial charge in [-0.3, -0.25) is 19.8 Å². The van der Waals surface area contributed by atoms with Gasteiger partial charge in [0.2, 0.25) is 0 Å². The van der Waals surface area contributed by atoms with Crippen LogP contribution in [0.2, 0.25) is 0 Å². The van der Waals surface area contributed by atoms with Gasteiger partial charge < -0.3 is 0 Å². The predicted octanol–water partition coefficient (Wildman–Crippen LogP) is 4.04. The molecule has 0 fully saturated rings. The van der Waals surface area contributed by atoms with Crippen molar-refractivity contribution in [2.45, 2.75) is 0 Å². The van der Waals surface area contributed by atoms with Crippen LogP contribution >= 0.6 is 0 Å². The number of benzene rings is 3. The first-order chi connectivity index (χ1) is 10.7. The van der Waals surface area contributed by atoms with Crippen LogP contribution in [-0.2, 0) is 0 Å². The smallest absolute Gasteiger partial charge is 0.276 e. The molecule has 3 aromatic rings. The van der Waals surface area contributed by atoms with Gasteiger partial charge in [-0.25, -0.2) is 0 Å². The molecule has 3 aromatic carbocycles. The zero-order valence-corrected chi connectivity index (χ0v) is 11.4. The van der Waals surface area contributed by atoms with Gasteiger partial charge in [0.25, 0.3) is 11.6 Å². The fraction of sp³-hybridized carbons (Fsp3) is 0. The van der Waals surface area contributed by atoms with E-state index in [2.05, 4.69) is 0 Å². The van der Waals surface area contributed by atoms with Crippen LogP contribution in [0, 0.1) is 10.1 Å². The zero-order chi connectivity index (χ0) is 15.3. The summed E-state index contributed by atoms with van der Waals surface area (Å²) in [7, 11) is 0. The fourth-order valence-corrected chi connectivity index (χ4v) is 2.96. The highest BCUT2D eigenvalue weighted by atomic mass is 16.6. The van der Waals surface area contributed by atoms with Crippen molar-refractivity contribution >= 4 is 33.7 Å². The normalized spacial score (nSPS) is 12.9. The van der Waals surface area contributed by atoms with Crippen molar-refractivity contribution in [3.05, 3.63) is 76.3 Å². The molecule has 1 aliphatic heterocycles. The van der Waals surface area contributed by atoms with Crippen LogP contribution < -0.4 is 4.90 Å². The molecule has 22 heavy (non-hydrogen) atoms. The van der Waals surface area contributed by atoms with E-state index in [0.717, 1.165) is 5.69 Å². The number of para-hydroxylation sites is 1. The van der Waals surface area contributed by atoms with Crippen molar-refractivity contribution in [1.29, 1.82) is 0 Å². The zero-order valence-electron chi connectivity index (χ0n) is 11.4. The summed E-state index contributed by atoms with van der Waals surface area (Å²) in [5.41, 5.74) is 1.95. The van der Waals surface area contributed by atoms with Gasteiger partial charge in [-0.05, 0) is 30.3 Å². The van der Waals surface area contributed by atoms with Gasteiger partial charge in [-0.2, -0.15) is 0 Å². The summed E-state index contributed by atoms with van der Waals surface area (Å²) >= 11 is 0. The average Bonchev–Trinajstić information content (AvgIpc) is 2.83. The van der Waals surface area contributed by atoms with Crippen molar-refractivity contribution in [1.82, 2.24) is 0 Å². The van der Waals surface area contributed by atoms with E-state index in [1.54, 1.807) is 29.2 Å². The molecular formula is C17H10N2O3. The lowest BCUT2D eigenvalue weighted by Crippen LogP contribution is -2.20. The fourth-order valence-electron chi connectivity index (χ4n) is 2.96. The molecule has 0 radical (unpaired) electrons. The Morgan fingerprint density at radius 1 is 0.909 bits per heavy atom. The highest BCUT2D eigenvalue weighted by molar-refractivity contribution is 6.28. The number of hydrogen-bond acceptors (Lipinski definition) is 3. The Morgan fingerprint density at radius 2 is 1.68 bits per heavy atom. The van der Waals surface area contributed by atoms with Gasteiger partial charge in [-0.15, -0.1) is 0 Å². The lowest BCUT2D eigenvalue weighted by Gasteiger charge is -2.17. The van der Waals surface area contributed by atoms with E-state index in [1.807, 2.05) is 30.3 Å². The number of anilines is 2. The number of nitro groups is 1. The molecule has 0 saturated heterocycles. The summed E-state index contributed by atoms with van der Waals surface area (Å²) in [5, 5.41) is 12.3. The molecule has 0 spiro atoms. The van der Waals surface area contributed by atoms with Crippen molar-refractivity contribution < 1.29 is 9.72 Å². The first-order valence-corrected chi connectivity index (χ1v) is 6.78. The Balaban J connectivity index is 2.05. The maximum Gasteiger partial charge on any atom is 0.277 e. The summed E-state index contributed by atoms with van der Waals surface area (Å²) in [6.07, 6.45) is 0. The molecule has 0 aliphatic carbocycles. The Bertz CT molecular complexity index is 935. The lowest BCUT2D eigenvalue weighted by molar-refractivity contribution is -0.383. The molecule has 5 nitrogen and oxygen atoms in total. The molecule has 0 N–H and O–H groups in total. The second-order valence-corrected chi connectivity index (χ2v) is 5.07. The van der Waals surface area contributed by atoms with E-state index in [9.17, 15) is 14.9 Å². The van der Waals surface area contributed by atoms with E-state index in [1.165, 1.54) is 6.07 Å². The molecule has 1 heterocycles. The Labute approximate surface area is 125 Å². The van der Waals surface area contributed by atoms with Crippen molar-refractivity contribution in [3.8, 4) is 0 Å². The van der Waals surface area contributed by atoms with Crippen molar-refractivity contribution in [2.24, 2.45) is 0 Å². The molecular weight excluding hydrogens is 280 g/mol. The number of carbonyl (C=O) groups is 1. The Morgan fingerprint density at radius 3 is 2.41 bits per heavy atom. The van der Waals surface area contributed by atoms with Crippen LogP contribution in [0.4, 0.5) is 17.1 Å². The van der Waals surface area contributed by atoms with Gasteiger partial charge in [0, 0.05) is 17.1 Å². The Hall–Kier alpha value is -3.21. The summed E-state index contributed by atoms with van der Waals surface area (Å²) in [4.78, 5) is 25.1. The number of nitro benzene ring substituents is 1. The average molecular weight is 290 g/mol. The van der Waals surface area contributed by atoms with Crippen LogP contribution in [0.15, 0.2) is 60.7 Å². The molecule has 1 amide bonds. The predicted molar refractivity (Wildman–Crippen MR) is 83.5 cm³/mol. The third-order valence-corrected chi connectivity index (χ3v) is 3.88. The van der Waals surface area contributed by atoms with Gasteiger partial charge in [0.1, 0.15) is 0 Å². The molecule has 0 saturated carbocycles. The molecule has 0 unspecified atom stereocenters. The SMILES string of the molecule is O=C1c2cccc3c([N+](=O)[O-])ccc(c23)N1c1ccccc1. The molecule has 1 aliphatic rings. The standard InChI is InChI=1S/C17H10N2O3/c20-17-13-8-4-7-12-14(19(21)22)9-10-15(16(12)13)18(17)11-5-2-1-3-6-11/h1-10H. The van der Waals surface area contributed by atoms with Crippen molar-refractivity contribution in [2.75, 3.05) is 4.90 Å². The van der Waals surface area contributed by atoms with Crippen LogP contribution in [-0.4, -0.2) is 10.8 Å². The number of non-ortho nitro benzene ring substituents is 1. The molecule has 0 atom stereocenters. The highest BCUT2D eigenvalue weighted by Crippen LogP contribution is 2.44. The van der Waals surface area contributed by atoms with Crippen molar-refractivity contribution in [3.63, 3.8) is 0 Å². The van der Waals surface area contributed by atoms with E-state index in [-0.39, 0.29) is 11.6 Å². The molecule has 106 valence electrons. The van der Waals surface area contributed by atoms with Gasteiger partial charge in [0.05, 0.1) is 21.6 Å². The van der Waals surface area contributed by atoms with E-state index in [0.29, 0.717) is 22.0 Å². The molecule has 0 aromatic heterocycles. The maximum absolute atomic E-state index is 12.7. The molecule has 5 heteroatoms. The number of rotatable bonds is 2. The minimum absolute atomic E-state index is 0.0170. The van der Waals surface area contributed by atoms with Gasteiger partial charge in [0.15, 0.2) is 0 Å². The third-order valence-electron chi connectivity index (χ3n) is 3.88. The van der Waals surface area contributed by atoms with Crippen LogP contribution in [0.3, 0.4) is 0 Å². The van der Waals surface area contributed by atoms with E-state index in [4.69, 9.17) is 0 Å². The van der Waals surface area contributed by atoms with Gasteiger partial charge >= 0.3 is 0 Å². The van der Waals surface area contributed by atoms with Crippen LogP contribution in [0.25, 0.3) is 10.8 Å². The summed E-state index contributed by atoms with van der Waals surface area (Å²) in [5.74, 6) is -0.160. The van der Waals surface area contributed by atoms with Gasteiger partial charge in [-0.1, -0.05) is 24.3 Å². The monoisotopic (exact) mass is 290 g/mol. The number of amides is 1. The minimum Gasteiger partial charge on any atom is -0.276 e. The number of hydrogen-bond donors (Lipinski definition) is 0. The highest BCUT2D eigenvalue weighted by Gasteiger charge is 2.33. The van der Waals surface area contributed by atoms with Crippen LogP contribution in [0.1, 0.15) is 10.4 Å². The minimum atomic E-state index is -0.418. The van der Waals surface area contributed by atoms with E-state index >= 15 is 0 Å². The summed E-state index contributed by atoms with van der Waals surface area (Å²) < 4.78 is 0. The lowest BCUT2D eigenvalue weighted by atomic mass is 10.0. The molecule has 0 bridgehead atoms. The quantitative estimate of drug-likeness (QED) is 0.528. The Kier molecular flexibility index (Phi) is 2.50. The maximum atomic E-state index is 12.7. The first kappa shape index (κ1) is 12.5. The summed E-state index contributed by atoms with van der Waals surface area (Å²) in [6.45, 7) is 0.